The van der Waals surface area contributed by atoms with E-state index in [9.17, 15) is 4.79 Å². The van der Waals surface area contributed by atoms with Gasteiger partial charge in [-0.1, -0.05) is 6.92 Å². The van der Waals surface area contributed by atoms with Gasteiger partial charge in [0.25, 0.3) is 0 Å². The van der Waals surface area contributed by atoms with E-state index < -0.39 is 5.97 Å². The Hall–Kier alpha value is -1.32. The number of aryl methyl sites for hydroxylation is 1. The minimum Gasteiger partial charge on any atom is -0.481 e. The second kappa shape index (κ2) is 4.04. The van der Waals surface area contributed by atoms with Gasteiger partial charge in [0.1, 0.15) is 5.82 Å². The lowest BCUT2D eigenvalue weighted by atomic mass is 10.0. The van der Waals surface area contributed by atoms with Gasteiger partial charge in [0.2, 0.25) is 0 Å². The average molecular weight is 208 g/mol. The molecule has 0 spiro atoms. The van der Waals surface area contributed by atoms with Crippen molar-refractivity contribution in [2.45, 2.75) is 45.1 Å². The van der Waals surface area contributed by atoms with Gasteiger partial charge in [-0.15, -0.1) is 0 Å². The van der Waals surface area contributed by atoms with Gasteiger partial charge in [-0.2, -0.15) is 0 Å². The first-order valence-electron chi connectivity index (χ1n) is 5.44. The van der Waals surface area contributed by atoms with Crippen molar-refractivity contribution < 1.29 is 9.90 Å². The smallest absolute Gasteiger partial charge is 0.304 e. The maximum Gasteiger partial charge on any atom is 0.304 e. The van der Waals surface area contributed by atoms with Gasteiger partial charge in [0.05, 0.1) is 6.42 Å². The van der Waals surface area contributed by atoms with Crippen LogP contribution in [0.2, 0.25) is 0 Å². The first-order valence-corrected chi connectivity index (χ1v) is 5.44. The van der Waals surface area contributed by atoms with E-state index >= 15 is 0 Å². The summed E-state index contributed by atoms with van der Waals surface area (Å²) in [6, 6.07) is 0. The van der Waals surface area contributed by atoms with E-state index in [2.05, 4.69) is 9.55 Å². The quantitative estimate of drug-likeness (QED) is 0.824. The molecule has 1 aliphatic rings. The predicted octanol–water partition coefficient (Wildman–Crippen LogP) is 1.80. The molecule has 0 fully saturated rings. The summed E-state index contributed by atoms with van der Waals surface area (Å²) in [5, 5.41) is 8.76. The van der Waals surface area contributed by atoms with Crippen molar-refractivity contribution >= 4 is 5.97 Å². The summed E-state index contributed by atoms with van der Waals surface area (Å²) in [6.07, 6.45) is 5.43. The number of hydrogen-bond acceptors (Lipinski definition) is 2. The molecule has 0 saturated carbocycles. The largest absolute Gasteiger partial charge is 0.481 e. The Bertz CT molecular complexity index is 371. The Labute approximate surface area is 88.9 Å². The average Bonchev–Trinajstić information content (AvgIpc) is 2.59. The molecule has 0 radical (unpaired) electrons. The van der Waals surface area contributed by atoms with Crippen molar-refractivity contribution in [1.82, 2.24) is 9.55 Å². The molecule has 0 aromatic carbocycles. The van der Waals surface area contributed by atoms with Gasteiger partial charge < -0.3 is 9.67 Å². The molecule has 4 nitrogen and oxygen atoms in total. The molecule has 1 aromatic rings. The standard InChI is InChI=1S/C11H16N2O2/c1-8(6-11(14)15)9-7-12-10-4-2-3-5-13(9)10/h7-8H,2-6H2,1H3,(H,14,15). The minimum atomic E-state index is -0.742. The van der Waals surface area contributed by atoms with Gasteiger partial charge in [0, 0.05) is 30.8 Å². The van der Waals surface area contributed by atoms with E-state index in [-0.39, 0.29) is 12.3 Å². The molecule has 0 saturated heterocycles. The summed E-state index contributed by atoms with van der Waals surface area (Å²) in [4.78, 5) is 15.0. The molecule has 1 aromatic heterocycles. The zero-order chi connectivity index (χ0) is 10.8. The van der Waals surface area contributed by atoms with Gasteiger partial charge >= 0.3 is 5.97 Å². The van der Waals surface area contributed by atoms with Gasteiger partial charge in [-0.05, 0) is 12.8 Å². The van der Waals surface area contributed by atoms with Crippen molar-refractivity contribution in [3.63, 3.8) is 0 Å². The second-order valence-electron chi connectivity index (χ2n) is 4.21. The normalized spacial score (nSPS) is 17.1. The summed E-state index contributed by atoms with van der Waals surface area (Å²) in [5.74, 6) is 0.434. The highest BCUT2D eigenvalue weighted by Gasteiger charge is 2.19. The van der Waals surface area contributed by atoms with E-state index in [1.54, 1.807) is 0 Å². The number of fused-ring (bicyclic) bond motifs is 1. The summed E-state index contributed by atoms with van der Waals surface area (Å²) in [5.41, 5.74) is 1.08. The highest BCUT2D eigenvalue weighted by Crippen LogP contribution is 2.24. The molecule has 0 aliphatic carbocycles. The SMILES string of the molecule is CC(CC(=O)O)c1cnc2n1CCCC2. The van der Waals surface area contributed by atoms with Crippen molar-refractivity contribution in [3.8, 4) is 0 Å². The summed E-state index contributed by atoms with van der Waals surface area (Å²) in [7, 11) is 0. The highest BCUT2D eigenvalue weighted by molar-refractivity contribution is 5.67. The number of hydrogen-bond donors (Lipinski definition) is 1. The monoisotopic (exact) mass is 208 g/mol. The molecule has 2 heterocycles. The first kappa shape index (κ1) is 10.2. The number of nitrogens with zero attached hydrogens (tertiary/aromatic N) is 2. The molecule has 0 amide bonds. The third-order valence-electron chi connectivity index (χ3n) is 2.99. The summed E-state index contributed by atoms with van der Waals surface area (Å²) < 4.78 is 2.19. The van der Waals surface area contributed by atoms with E-state index in [0.717, 1.165) is 24.5 Å². The van der Waals surface area contributed by atoms with Gasteiger partial charge in [-0.25, -0.2) is 4.98 Å². The fraction of sp³-hybridized carbons (Fsp3) is 0.636. The minimum absolute atomic E-state index is 0.0573. The first-order chi connectivity index (χ1) is 7.18. The molecular formula is C11H16N2O2. The fourth-order valence-electron chi connectivity index (χ4n) is 2.20. The number of carbonyl (C=O) groups is 1. The molecule has 15 heavy (non-hydrogen) atoms. The number of carboxylic acid groups (broad SMARTS) is 1. The topological polar surface area (TPSA) is 55.1 Å². The molecule has 4 heteroatoms. The van der Waals surface area contributed by atoms with Crippen LogP contribution in [0, 0.1) is 0 Å². The maximum atomic E-state index is 10.6. The lowest BCUT2D eigenvalue weighted by Crippen LogP contribution is -2.15. The number of rotatable bonds is 3. The van der Waals surface area contributed by atoms with E-state index in [1.807, 2.05) is 13.1 Å². The molecule has 1 unspecified atom stereocenters. The maximum absolute atomic E-state index is 10.6. The highest BCUT2D eigenvalue weighted by atomic mass is 16.4. The van der Waals surface area contributed by atoms with Crippen LogP contribution in [0.25, 0.3) is 0 Å². The number of aliphatic carboxylic acids is 1. The van der Waals surface area contributed by atoms with E-state index in [4.69, 9.17) is 5.11 Å². The van der Waals surface area contributed by atoms with Gasteiger partial charge in [-0.3, -0.25) is 4.79 Å². The summed E-state index contributed by atoms with van der Waals surface area (Å²) >= 11 is 0. The number of carboxylic acids is 1. The lowest BCUT2D eigenvalue weighted by Gasteiger charge is -2.18. The number of aromatic nitrogens is 2. The van der Waals surface area contributed by atoms with Crippen LogP contribution in [-0.4, -0.2) is 20.6 Å². The van der Waals surface area contributed by atoms with Crippen molar-refractivity contribution in [1.29, 1.82) is 0 Å². The van der Waals surface area contributed by atoms with Crippen LogP contribution in [0.5, 0.6) is 0 Å². The van der Waals surface area contributed by atoms with Crippen molar-refractivity contribution in [3.05, 3.63) is 17.7 Å². The Morgan fingerprint density at radius 2 is 2.47 bits per heavy atom. The molecule has 0 bridgehead atoms. The third-order valence-corrected chi connectivity index (χ3v) is 2.99. The van der Waals surface area contributed by atoms with Crippen LogP contribution in [-0.2, 0) is 17.8 Å². The van der Waals surface area contributed by atoms with Gasteiger partial charge in [0.15, 0.2) is 0 Å². The molecular weight excluding hydrogens is 192 g/mol. The lowest BCUT2D eigenvalue weighted by molar-refractivity contribution is -0.137. The second-order valence-corrected chi connectivity index (χ2v) is 4.21. The molecule has 1 N–H and O–H groups in total. The van der Waals surface area contributed by atoms with Crippen LogP contribution in [0.1, 0.15) is 43.6 Å². The molecule has 1 atom stereocenters. The van der Waals surface area contributed by atoms with Crippen LogP contribution in [0.4, 0.5) is 0 Å². The van der Waals surface area contributed by atoms with Crippen molar-refractivity contribution in [2.75, 3.05) is 0 Å². The van der Waals surface area contributed by atoms with E-state index in [0.29, 0.717) is 0 Å². The Balaban J connectivity index is 2.20. The number of imidazole rings is 1. The van der Waals surface area contributed by atoms with Crippen LogP contribution >= 0.6 is 0 Å². The van der Waals surface area contributed by atoms with E-state index in [1.165, 1.54) is 12.8 Å². The summed E-state index contributed by atoms with van der Waals surface area (Å²) in [6.45, 7) is 2.95. The molecule has 1 aliphatic heterocycles. The van der Waals surface area contributed by atoms with Crippen molar-refractivity contribution in [2.24, 2.45) is 0 Å². The fourth-order valence-corrected chi connectivity index (χ4v) is 2.20. The Kier molecular flexibility index (Phi) is 2.75. The van der Waals surface area contributed by atoms with Crippen LogP contribution in [0.3, 0.4) is 0 Å². The molecule has 2 rings (SSSR count). The van der Waals surface area contributed by atoms with Crippen LogP contribution < -0.4 is 0 Å². The predicted molar refractivity (Wildman–Crippen MR) is 55.8 cm³/mol. The zero-order valence-corrected chi connectivity index (χ0v) is 8.94. The Morgan fingerprint density at radius 1 is 1.67 bits per heavy atom. The third kappa shape index (κ3) is 2.03. The zero-order valence-electron chi connectivity index (χ0n) is 8.94. The Morgan fingerprint density at radius 3 is 3.20 bits per heavy atom. The molecule has 82 valence electrons. The van der Waals surface area contributed by atoms with Crippen LogP contribution in [0.15, 0.2) is 6.20 Å².